The van der Waals surface area contributed by atoms with Crippen molar-refractivity contribution in [3.05, 3.63) is 9.81 Å². The lowest BCUT2D eigenvalue weighted by molar-refractivity contribution is -0.133. The summed E-state index contributed by atoms with van der Waals surface area (Å²) < 4.78 is 1.55. The average Bonchev–Trinajstić information content (AvgIpc) is 2.75. The second-order valence-electron chi connectivity index (χ2n) is 4.61. The molecule has 1 atom stereocenters. The zero-order valence-corrected chi connectivity index (χ0v) is 11.0. The molecule has 0 aromatic heterocycles. The van der Waals surface area contributed by atoms with Gasteiger partial charge in [-0.2, -0.15) is 0 Å². The highest BCUT2D eigenvalue weighted by atomic mass is 32.2. The standard InChI is InChI=1S/C12H17NOS2/c14-11-4-1-3-10-9(5-6-13(10)11)12-15-7-2-8-16-12/h10H,1-8H2. The van der Waals surface area contributed by atoms with Crippen molar-refractivity contribution in [2.75, 3.05) is 18.1 Å². The Morgan fingerprint density at radius 3 is 2.75 bits per heavy atom. The van der Waals surface area contributed by atoms with E-state index in [9.17, 15) is 4.79 Å². The van der Waals surface area contributed by atoms with Gasteiger partial charge in [-0.3, -0.25) is 4.79 Å². The van der Waals surface area contributed by atoms with Crippen molar-refractivity contribution in [2.24, 2.45) is 0 Å². The van der Waals surface area contributed by atoms with Crippen LogP contribution in [0.4, 0.5) is 0 Å². The van der Waals surface area contributed by atoms with Gasteiger partial charge in [0.15, 0.2) is 0 Å². The van der Waals surface area contributed by atoms with Gasteiger partial charge in [0.1, 0.15) is 0 Å². The lowest BCUT2D eigenvalue weighted by Crippen LogP contribution is -2.39. The Balaban J connectivity index is 1.84. The van der Waals surface area contributed by atoms with Gasteiger partial charge in [-0.25, -0.2) is 0 Å². The van der Waals surface area contributed by atoms with Crippen LogP contribution in [0.2, 0.25) is 0 Å². The minimum absolute atomic E-state index is 0.387. The molecule has 0 aromatic rings. The molecule has 0 bridgehead atoms. The summed E-state index contributed by atoms with van der Waals surface area (Å²) in [6.45, 7) is 0.976. The highest BCUT2D eigenvalue weighted by Crippen LogP contribution is 2.43. The summed E-state index contributed by atoms with van der Waals surface area (Å²) in [5.74, 6) is 2.93. The molecule has 3 heterocycles. The monoisotopic (exact) mass is 255 g/mol. The Hall–Kier alpha value is -0.0900. The number of amides is 1. The molecule has 0 saturated carbocycles. The number of rotatable bonds is 0. The molecule has 1 unspecified atom stereocenters. The van der Waals surface area contributed by atoms with Crippen molar-refractivity contribution in [2.45, 2.75) is 38.1 Å². The van der Waals surface area contributed by atoms with Crippen molar-refractivity contribution in [3.8, 4) is 0 Å². The predicted molar refractivity (Wildman–Crippen MR) is 70.5 cm³/mol. The first kappa shape index (κ1) is 11.0. The van der Waals surface area contributed by atoms with Gasteiger partial charge in [0, 0.05) is 17.2 Å². The van der Waals surface area contributed by atoms with E-state index in [4.69, 9.17) is 0 Å². The average molecular weight is 255 g/mol. The normalized spacial score (nSPS) is 30.9. The molecule has 3 fully saturated rings. The van der Waals surface area contributed by atoms with Gasteiger partial charge in [0.25, 0.3) is 0 Å². The number of carbonyl (C=O) groups is 1. The van der Waals surface area contributed by atoms with E-state index in [-0.39, 0.29) is 0 Å². The van der Waals surface area contributed by atoms with Crippen molar-refractivity contribution in [1.82, 2.24) is 4.90 Å². The molecular formula is C12H17NOS2. The van der Waals surface area contributed by atoms with Gasteiger partial charge in [-0.1, -0.05) is 0 Å². The topological polar surface area (TPSA) is 20.3 Å². The fraction of sp³-hybridized carbons (Fsp3) is 0.750. The molecule has 3 saturated heterocycles. The zero-order chi connectivity index (χ0) is 11.0. The maximum absolute atomic E-state index is 11.8. The molecule has 3 aliphatic rings. The summed E-state index contributed by atoms with van der Waals surface area (Å²) in [5, 5.41) is 0. The highest BCUT2D eigenvalue weighted by Gasteiger charge is 2.37. The summed E-state index contributed by atoms with van der Waals surface area (Å²) in [5.41, 5.74) is 1.59. The van der Waals surface area contributed by atoms with Gasteiger partial charge in [0.05, 0.1) is 6.04 Å². The molecule has 0 aliphatic carbocycles. The van der Waals surface area contributed by atoms with Crippen molar-refractivity contribution in [1.29, 1.82) is 0 Å². The van der Waals surface area contributed by atoms with Crippen LogP contribution < -0.4 is 0 Å². The van der Waals surface area contributed by atoms with Gasteiger partial charge in [0.2, 0.25) is 5.91 Å². The summed E-state index contributed by atoms with van der Waals surface area (Å²) in [7, 11) is 0. The third kappa shape index (κ3) is 1.90. The van der Waals surface area contributed by atoms with Crippen molar-refractivity contribution >= 4 is 29.4 Å². The Kier molecular flexibility index (Phi) is 3.20. The van der Waals surface area contributed by atoms with E-state index in [0.717, 1.165) is 25.8 Å². The second kappa shape index (κ2) is 4.65. The van der Waals surface area contributed by atoms with Crippen LogP contribution in [-0.2, 0) is 4.79 Å². The highest BCUT2D eigenvalue weighted by molar-refractivity contribution is 8.22. The number of piperidine rings is 1. The summed E-state index contributed by atoms with van der Waals surface area (Å²) in [6.07, 6.45) is 5.53. The predicted octanol–water partition coefficient (Wildman–Crippen LogP) is 2.85. The van der Waals surface area contributed by atoms with Crippen molar-refractivity contribution < 1.29 is 4.79 Å². The molecular weight excluding hydrogens is 238 g/mol. The van der Waals surface area contributed by atoms with Gasteiger partial charge < -0.3 is 4.90 Å². The lowest BCUT2D eigenvalue weighted by Gasteiger charge is -2.31. The van der Waals surface area contributed by atoms with E-state index in [1.54, 1.807) is 9.81 Å². The minimum atomic E-state index is 0.387. The molecule has 4 heteroatoms. The van der Waals surface area contributed by atoms with Crippen LogP contribution in [0.25, 0.3) is 0 Å². The first-order valence-electron chi connectivity index (χ1n) is 6.14. The van der Waals surface area contributed by atoms with Crippen LogP contribution in [0.1, 0.15) is 32.1 Å². The third-order valence-electron chi connectivity index (χ3n) is 3.61. The Morgan fingerprint density at radius 2 is 1.94 bits per heavy atom. The largest absolute Gasteiger partial charge is 0.336 e. The number of fused-ring (bicyclic) bond motifs is 1. The van der Waals surface area contributed by atoms with Gasteiger partial charge in [-0.05, 0) is 42.8 Å². The van der Waals surface area contributed by atoms with Crippen LogP contribution in [-0.4, -0.2) is 34.9 Å². The van der Waals surface area contributed by atoms with Gasteiger partial charge in [-0.15, -0.1) is 23.5 Å². The number of hydrogen-bond donors (Lipinski definition) is 0. The molecule has 2 nitrogen and oxygen atoms in total. The zero-order valence-electron chi connectivity index (χ0n) is 9.41. The van der Waals surface area contributed by atoms with E-state index < -0.39 is 0 Å². The molecule has 16 heavy (non-hydrogen) atoms. The Bertz CT molecular complexity index is 332. The van der Waals surface area contributed by atoms with Crippen LogP contribution in [0, 0.1) is 0 Å². The minimum Gasteiger partial charge on any atom is -0.336 e. The SMILES string of the molecule is O=C1CCCC2C(=C3SCCCS3)CCN12. The number of hydrogen-bond acceptors (Lipinski definition) is 3. The third-order valence-corrected chi connectivity index (χ3v) is 6.35. The maximum Gasteiger partial charge on any atom is 0.223 e. The number of thioether (sulfide) groups is 2. The van der Waals surface area contributed by atoms with E-state index >= 15 is 0 Å². The molecule has 0 radical (unpaired) electrons. The van der Waals surface area contributed by atoms with Crippen LogP contribution in [0.15, 0.2) is 9.81 Å². The second-order valence-corrected chi connectivity index (χ2v) is 7.08. The van der Waals surface area contributed by atoms with E-state index in [0.29, 0.717) is 11.9 Å². The number of nitrogens with zero attached hydrogens (tertiary/aromatic N) is 1. The fourth-order valence-electron chi connectivity index (χ4n) is 2.82. The first-order valence-corrected chi connectivity index (χ1v) is 8.11. The Labute approximate surface area is 105 Å². The molecule has 88 valence electrons. The van der Waals surface area contributed by atoms with E-state index in [2.05, 4.69) is 4.90 Å². The summed E-state index contributed by atoms with van der Waals surface area (Å²) in [6, 6.07) is 0.467. The smallest absolute Gasteiger partial charge is 0.223 e. The molecule has 3 rings (SSSR count). The quantitative estimate of drug-likeness (QED) is 0.664. The number of carbonyl (C=O) groups excluding carboxylic acids is 1. The summed E-state index contributed by atoms with van der Waals surface area (Å²) >= 11 is 4.04. The van der Waals surface area contributed by atoms with Crippen LogP contribution in [0.3, 0.4) is 0 Å². The van der Waals surface area contributed by atoms with Gasteiger partial charge >= 0.3 is 0 Å². The molecule has 0 N–H and O–H groups in total. The van der Waals surface area contributed by atoms with Crippen molar-refractivity contribution in [3.63, 3.8) is 0 Å². The van der Waals surface area contributed by atoms with Crippen LogP contribution in [0.5, 0.6) is 0 Å². The van der Waals surface area contributed by atoms with E-state index in [1.165, 1.54) is 24.3 Å². The molecule has 3 aliphatic heterocycles. The van der Waals surface area contributed by atoms with Crippen LogP contribution >= 0.6 is 23.5 Å². The Morgan fingerprint density at radius 1 is 1.12 bits per heavy atom. The molecule has 1 amide bonds. The summed E-state index contributed by atoms with van der Waals surface area (Å²) in [4.78, 5) is 13.9. The maximum atomic E-state index is 11.8. The van der Waals surface area contributed by atoms with E-state index in [1.807, 2.05) is 23.5 Å². The molecule has 0 spiro atoms. The lowest BCUT2D eigenvalue weighted by atomic mass is 9.99. The first-order chi connectivity index (χ1) is 7.86. The fourth-order valence-corrected chi connectivity index (χ4v) is 5.64. The molecule has 0 aromatic carbocycles.